The van der Waals surface area contributed by atoms with Crippen LogP contribution in [0.3, 0.4) is 0 Å². The van der Waals surface area contributed by atoms with Crippen molar-refractivity contribution in [3.63, 3.8) is 0 Å². The topological polar surface area (TPSA) is 28.1 Å². The first-order valence-electron chi connectivity index (χ1n) is 15.3. The first-order valence-corrected chi connectivity index (χ1v) is 15.7. The normalized spacial score (nSPS) is 17.2. The van der Waals surface area contributed by atoms with Crippen molar-refractivity contribution in [2.75, 3.05) is 0 Å². The number of hydrogen-bond donors (Lipinski definition) is 1. The van der Waals surface area contributed by atoms with Gasteiger partial charge >= 0.3 is 0 Å². The summed E-state index contributed by atoms with van der Waals surface area (Å²) in [6.45, 7) is 16.7. The predicted octanol–water partition coefficient (Wildman–Crippen LogP) is 11.5. The number of aromatic nitrogens is 1. The van der Waals surface area contributed by atoms with E-state index in [1.54, 1.807) is 6.08 Å². The van der Waals surface area contributed by atoms with E-state index in [1.807, 2.05) is 31.3 Å². The Hall–Kier alpha value is -4.10. The number of benzene rings is 2. The number of H-pyrrole nitrogens is 1. The summed E-state index contributed by atoms with van der Waals surface area (Å²) in [6, 6.07) is 13.1. The van der Waals surface area contributed by atoms with Crippen LogP contribution in [0.15, 0.2) is 124 Å². The number of aromatic amines is 1. The van der Waals surface area contributed by atoms with E-state index in [2.05, 4.69) is 87.1 Å². The molecule has 1 N–H and O–H groups in total. The molecule has 2 aliphatic carbocycles. The molecule has 0 spiro atoms. The number of nitrogens with zero attached hydrogens (tertiary/aromatic N) is 1. The molecule has 0 unspecified atom stereocenters. The lowest BCUT2D eigenvalue weighted by molar-refractivity contribution is 1.00. The van der Waals surface area contributed by atoms with Crippen molar-refractivity contribution in [1.29, 1.82) is 0 Å². The van der Waals surface area contributed by atoms with Crippen LogP contribution in [0.25, 0.3) is 22.6 Å². The molecule has 2 aromatic carbocycles. The van der Waals surface area contributed by atoms with E-state index in [1.165, 1.54) is 55.7 Å². The number of hydrogen-bond acceptors (Lipinski definition) is 1. The first-order chi connectivity index (χ1) is 20.9. The Balaban J connectivity index is 1.76. The van der Waals surface area contributed by atoms with Crippen LogP contribution < -0.4 is 0 Å². The molecule has 2 nitrogen and oxygen atoms in total. The Labute approximate surface area is 262 Å². The summed E-state index contributed by atoms with van der Waals surface area (Å²) < 4.78 is 0. The standard InChI is InChI=1S/C40H41ClN2/c1-7-13-27(6)43-39(10-4)31-17-12-16-30-22-26(5)32(24-35-28(8-2)14-11-15-29(35)9-3)25-37(36(30)23-31)33-18-19-38(41)40-34(33)20-21-42-40/h7,10-11,13-15,17-21,24,42H,1,4,8-9,12,16,23,25H2,2-3,5-6H3/b27-13-,32-24-,43-39+. The fraction of sp³-hybridized carbons (Fsp3) is 0.250. The molecule has 3 aromatic rings. The third kappa shape index (κ3) is 6.32. The van der Waals surface area contributed by atoms with Gasteiger partial charge in [-0.05, 0) is 132 Å². The van der Waals surface area contributed by atoms with E-state index in [4.69, 9.17) is 16.6 Å². The summed E-state index contributed by atoms with van der Waals surface area (Å²) in [6.07, 6.45) is 17.8. The minimum Gasteiger partial charge on any atom is -0.360 e. The second kappa shape index (κ2) is 13.5. The fourth-order valence-electron chi connectivity index (χ4n) is 6.36. The molecule has 1 heterocycles. The van der Waals surface area contributed by atoms with Crippen molar-refractivity contribution in [1.82, 2.24) is 4.98 Å². The van der Waals surface area contributed by atoms with E-state index in [0.717, 1.165) is 65.9 Å². The molecule has 0 saturated carbocycles. The minimum atomic E-state index is 0.736. The zero-order valence-electron chi connectivity index (χ0n) is 25.9. The summed E-state index contributed by atoms with van der Waals surface area (Å²) in [7, 11) is 0. The van der Waals surface area contributed by atoms with Crippen LogP contribution in [0.4, 0.5) is 0 Å². The van der Waals surface area contributed by atoms with Gasteiger partial charge in [-0.3, -0.25) is 4.99 Å². The number of aryl methyl sites for hydroxylation is 2. The van der Waals surface area contributed by atoms with Crippen LogP contribution in [-0.4, -0.2) is 10.7 Å². The van der Waals surface area contributed by atoms with Crippen molar-refractivity contribution < 1.29 is 0 Å². The van der Waals surface area contributed by atoms with Crippen molar-refractivity contribution >= 4 is 39.9 Å². The van der Waals surface area contributed by atoms with Crippen molar-refractivity contribution in [2.24, 2.45) is 4.99 Å². The van der Waals surface area contributed by atoms with Gasteiger partial charge in [0.1, 0.15) is 0 Å². The van der Waals surface area contributed by atoms with Gasteiger partial charge < -0.3 is 4.98 Å². The Bertz CT molecular complexity index is 1800. The summed E-state index contributed by atoms with van der Waals surface area (Å²) >= 11 is 6.66. The predicted molar refractivity (Wildman–Crippen MR) is 188 cm³/mol. The number of nitrogens with one attached hydrogen (secondary N) is 1. The third-order valence-electron chi connectivity index (χ3n) is 8.61. The fourth-order valence-corrected chi connectivity index (χ4v) is 6.58. The molecule has 2 aliphatic rings. The highest BCUT2D eigenvalue weighted by Gasteiger charge is 2.25. The summed E-state index contributed by atoms with van der Waals surface area (Å²) in [5, 5.41) is 1.88. The zero-order chi connectivity index (χ0) is 30.5. The maximum absolute atomic E-state index is 6.66. The van der Waals surface area contributed by atoms with Gasteiger partial charge in [-0.25, -0.2) is 0 Å². The smallest absolute Gasteiger partial charge is 0.0659 e. The number of fused-ring (bicyclic) bond motifs is 2. The lowest BCUT2D eigenvalue weighted by Gasteiger charge is -2.19. The molecule has 3 heteroatoms. The lowest BCUT2D eigenvalue weighted by Crippen LogP contribution is -2.03. The minimum absolute atomic E-state index is 0.736. The van der Waals surface area contributed by atoms with Gasteiger partial charge in [-0.1, -0.05) is 75.0 Å². The highest BCUT2D eigenvalue weighted by Crippen LogP contribution is 2.43. The molecule has 0 fully saturated rings. The highest BCUT2D eigenvalue weighted by molar-refractivity contribution is 6.35. The molecule has 5 rings (SSSR count). The summed E-state index contributed by atoms with van der Waals surface area (Å²) in [5.74, 6) is 0. The van der Waals surface area contributed by atoms with Crippen LogP contribution >= 0.6 is 11.6 Å². The second-order valence-electron chi connectivity index (χ2n) is 11.3. The molecular weight excluding hydrogens is 544 g/mol. The van der Waals surface area contributed by atoms with Gasteiger partial charge in [0.05, 0.1) is 16.3 Å². The van der Waals surface area contributed by atoms with E-state index in [0.29, 0.717) is 0 Å². The summed E-state index contributed by atoms with van der Waals surface area (Å²) in [5.41, 5.74) is 19.7. The number of allylic oxidation sites excluding steroid dienone is 10. The molecule has 0 atom stereocenters. The Morgan fingerprint density at radius 3 is 2.51 bits per heavy atom. The quantitative estimate of drug-likeness (QED) is 0.155. The molecule has 0 bridgehead atoms. The van der Waals surface area contributed by atoms with Crippen LogP contribution in [0.2, 0.25) is 5.02 Å². The van der Waals surface area contributed by atoms with E-state index < -0.39 is 0 Å². The van der Waals surface area contributed by atoms with E-state index >= 15 is 0 Å². The van der Waals surface area contributed by atoms with E-state index in [-0.39, 0.29) is 0 Å². The van der Waals surface area contributed by atoms with Gasteiger partial charge in [0, 0.05) is 23.7 Å². The van der Waals surface area contributed by atoms with Crippen molar-refractivity contribution in [3.05, 3.63) is 147 Å². The van der Waals surface area contributed by atoms with Gasteiger partial charge in [-0.15, -0.1) is 5.73 Å². The molecule has 0 saturated heterocycles. The highest BCUT2D eigenvalue weighted by atomic mass is 35.5. The first kappa shape index (κ1) is 30.4. The van der Waals surface area contributed by atoms with Gasteiger partial charge in [0.25, 0.3) is 0 Å². The zero-order valence-corrected chi connectivity index (χ0v) is 26.7. The van der Waals surface area contributed by atoms with Crippen LogP contribution in [0, 0.1) is 0 Å². The Kier molecular flexibility index (Phi) is 9.51. The SMILES string of the molecule is C=C/C=C(C)\N=C(/C=C)C1=CCCC2=C=C(C)/C(=C\c3c(CC)cccc3CC)CC(c3ccc(Cl)c4[nH]ccc34)=C2C1. The number of halogens is 1. The molecule has 0 aliphatic heterocycles. The van der Waals surface area contributed by atoms with Gasteiger partial charge in [0.2, 0.25) is 0 Å². The molecule has 218 valence electrons. The molecular formula is C40H41ClN2. The monoisotopic (exact) mass is 584 g/mol. The molecule has 0 radical (unpaired) electrons. The van der Waals surface area contributed by atoms with Gasteiger partial charge in [-0.2, -0.15) is 0 Å². The summed E-state index contributed by atoms with van der Waals surface area (Å²) in [4.78, 5) is 8.29. The second-order valence-corrected chi connectivity index (χ2v) is 11.7. The number of rotatable bonds is 8. The molecule has 1 aromatic heterocycles. The van der Waals surface area contributed by atoms with Crippen LogP contribution in [-0.2, 0) is 12.8 Å². The third-order valence-corrected chi connectivity index (χ3v) is 8.93. The van der Waals surface area contributed by atoms with Crippen LogP contribution in [0.5, 0.6) is 0 Å². The maximum Gasteiger partial charge on any atom is 0.0659 e. The van der Waals surface area contributed by atoms with Gasteiger partial charge in [0.15, 0.2) is 0 Å². The van der Waals surface area contributed by atoms with Crippen LogP contribution in [0.1, 0.15) is 75.6 Å². The Morgan fingerprint density at radius 2 is 1.81 bits per heavy atom. The average molecular weight is 585 g/mol. The largest absolute Gasteiger partial charge is 0.360 e. The average Bonchev–Trinajstić information content (AvgIpc) is 3.37. The Morgan fingerprint density at radius 1 is 1.05 bits per heavy atom. The van der Waals surface area contributed by atoms with Crippen molar-refractivity contribution in [2.45, 2.75) is 66.2 Å². The van der Waals surface area contributed by atoms with Crippen molar-refractivity contribution in [3.8, 4) is 0 Å². The molecule has 0 amide bonds. The maximum atomic E-state index is 6.66. The van der Waals surface area contributed by atoms with E-state index in [9.17, 15) is 0 Å². The number of aliphatic imine (C=N–C) groups is 1. The molecule has 43 heavy (non-hydrogen) atoms. The lowest BCUT2D eigenvalue weighted by atomic mass is 9.85.